The van der Waals surface area contributed by atoms with Gasteiger partial charge in [-0.1, -0.05) is 12.1 Å². The average molecular weight is 302 g/mol. The molecule has 0 spiro atoms. The van der Waals surface area contributed by atoms with Crippen LogP contribution in [-0.2, 0) is 11.3 Å². The molecule has 5 nitrogen and oxygen atoms in total. The Morgan fingerprint density at radius 3 is 2.64 bits per heavy atom. The molecule has 5 heteroatoms. The normalized spacial score (nSPS) is 22.2. The Bertz CT molecular complexity index is 567. The van der Waals surface area contributed by atoms with Gasteiger partial charge in [-0.25, -0.2) is 4.79 Å². The minimum Gasteiger partial charge on any atom is -0.480 e. The second kappa shape index (κ2) is 6.48. The third kappa shape index (κ3) is 3.14. The Morgan fingerprint density at radius 1 is 1.14 bits per heavy atom. The van der Waals surface area contributed by atoms with E-state index in [0.717, 1.165) is 31.6 Å². The van der Waals surface area contributed by atoms with Gasteiger partial charge in [0.2, 0.25) is 0 Å². The molecule has 1 amide bonds. The highest BCUT2D eigenvalue weighted by Gasteiger charge is 2.34. The van der Waals surface area contributed by atoms with Gasteiger partial charge in [0.25, 0.3) is 5.91 Å². The SMILES string of the molecule is O=C(O)[C@H]1CCCN1C(=O)c1cccc(CN2CCCC2)c1. The lowest BCUT2D eigenvalue weighted by molar-refractivity contribution is -0.141. The van der Waals surface area contributed by atoms with E-state index in [4.69, 9.17) is 0 Å². The van der Waals surface area contributed by atoms with E-state index in [1.165, 1.54) is 17.7 Å². The van der Waals surface area contributed by atoms with Gasteiger partial charge < -0.3 is 10.0 Å². The number of carboxylic acid groups (broad SMARTS) is 1. The molecule has 1 atom stereocenters. The predicted octanol–water partition coefficient (Wildman–Crippen LogP) is 1.97. The first-order valence-electron chi connectivity index (χ1n) is 8.00. The zero-order valence-corrected chi connectivity index (χ0v) is 12.7. The first-order chi connectivity index (χ1) is 10.6. The first kappa shape index (κ1) is 15.0. The van der Waals surface area contributed by atoms with Gasteiger partial charge in [0.1, 0.15) is 6.04 Å². The fourth-order valence-electron chi connectivity index (χ4n) is 3.43. The molecule has 2 saturated heterocycles. The molecule has 1 aromatic carbocycles. The van der Waals surface area contributed by atoms with E-state index in [-0.39, 0.29) is 5.91 Å². The summed E-state index contributed by atoms with van der Waals surface area (Å²) < 4.78 is 0. The van der Waals surface area contributed by atoms with E-state index in [2.05, 4.69) is 4.90 Å². The third-order valence-electron chi connectivity index (χ3n) is 4.58. The largest absolute Gasteiger partial charge is 0.480 e. The van der Waals surface area contributed by atoms with Gasteiger partial charge in [0.15, 0.2) is 0 Å². The van der Waals surface area contributed by atoms with Crippen molar-refractivity contribution in [2.24, 2.45) is 0 Å². The quantitative estimate of drug-likeness (QED) is 0.924. The van der Waals surface area contributed by atoms with Crippen LogP contribution in [0.1, 0.15) is 41.6 Å². The maximum absolute atomic E-state index is 12.6. The summed E-state index contributed by atoms with van der Waals surface area (Å²) in [6, 6.07) is 6.96. The molecule has 1 aromatic rings. The molecule has 2 heterocycles. The Kier molecular flexibility index (Phi) is 4.43. The topological polar surface area (TPSA) is 60.9 Å². The molecule has 22 heavy (non-hydrogen) atoms. The monoisotopic (exact) mass is 302 g/mol. The van der Waals surface area contributed by atoms with Gasteiger partial charge in [-0.2, -0.15) is 0 Å². The Balaban J connectivity index is 1.73. The zero-order chi connectivity index (χ0) is 15.5. The van der Waals surface area contributed by atoms with Crippen LogP contribution in [0.25, 0.3) is 0 Å². The number of nitrogens with zero attached hydrogens (tertiary/aromatic N) is 2. The highest BCUT2D eigenvalue weighted by molar-refractivity contribution is 5.97. The number of rotatable bonds is 4. The molecule has 118 valence electrons. The summed E-state index contributed by atoms with van der Waals surface area (Å²) in [6.45, 7) is 3.63. The second-order valence-electron chi connectivity index (χ2n) is 6.18. The smallest absolute Gasteiger partial charge is 0.326 e. The van der Waals surface area contributed by atoms with Crippen molar-refractivity contribution in [3.8, 4) is 0 Å². The molecule has 0 radical (unpaired) electrons. The van der Waals surface area contributed by atoms with Crippen LogP contribution < -0.4 is 0 Å². The van der Waals surface area contributed by atoms with Crippen molar-refractivity contribution in [2.45, 2.75) is 38.3 Å². The predicted molar refractivity (Wildman–Crippen MR) is 82.6 cm³/mol. The molecule has 1 N–H and O–H groups in total. The van der Waals surface area contributed by atoms with Crippen LogP contribution in [0, 0.1) is 0 Å². The molecular formula is C17H22N2O3. The number of carbonyl (C=O) groups excluding carboxylic acids is 1. The molecule has 3 rings (SSSR count). The molecule has 0 saturated carbocycles. The first-order valence-corrected chi connectivity index (χ1v) is 8.00. The number of amides is 1. The fourth-order valence-corrected chi connectivity index (χ4v) is 3.43. The summed E-state index contributed by atoms with van der Waals surface area (Å²) in [5.74, 6) is -1.06. The zero-order valence-electron chi connectivity index (χ0n) is 12.7. The van der Waals surface area contributed by atoms with E-state index in [0.29, 0.717) is 18.5 Å². The van der Waals surface area contributed by atoms with E-state index in [1.807, 2.05) is 18.2 Å². The van der Waals surface area contributed by atoms with Crippen molar-refractivity contribution in [3.05, 3.63) is 35.4 Å². The minimum absolute atomic E-state index is 0.159. The number of hydrogen-bond acceptors (Lipinski definition) is 3. The molecule has 0 aliphatic carbocycles. The number of carboxylic acids is 1. The van der Waals surface area contributed by atoms with Gasteiger partial charge in [-0.15, -0.1) is 0 Å². The van der Waals surface area contributed by atoms with Crippen LogP contribution in [-0.4, -0.2) is 52.5 Å². The summed E-state index contributed by atoms with van der Waals surface area (Å²) in [5.41, 5.74) is 1.73. The molecule has 0 aromatic heterocycles. The summed E-state index contributed by atoms with van der Waals surface area (Å²) in [4.78, 5) is 27.7. The lowest BCUT2D eigenvalue weighted by Gasteiger charge is -2.22. The van der Waals surface area contributed by atoms with Gasteiger partial charge in [-0.3, -0.25) is 9.69 Å². The summed E-state index contributed by atoms with van der Waals surface area (Å²) in [7, 11) is 0. The molecule has 0 bridgehead atoms. The Labute approximate surface area is 130 Å². The minimum atomic E-state index is -0.904. The lowest BCUT2D eigenvalue weighted by Crippen LogP contribution is -2.40. The standard InChI is InChI=1S/C17H22N2O3/c20-16(19-10-4-7-15(19)17(21)22)14-6-3-5-13(11-14)12-18-8-1-2-9-18/h3,5-6,11,15H,1-2,4,7-10,12H2,(H,21,22)/t15-/m1/s1. The van der Waals surface area contributed by atoms with Crippen molar-refractivity contribution >= 4 is 11.9 Å². The van der Waals surface area contributed by atoms with Crippen molar-refractivity contribution in [2.75, 3.05) is 19.6 Å². The Morgan fingerprint density at radius 2 is 1.91 bits per heavy atom. The van der Waals surface area contributed by atoms with E-state index < -0.39 is 12.0 Å². The van der Waals surface area contributed by atoms with Gasteiger partial charge >= 0.3 is 5.97 Å². The number of aliphatic carboxylic acids is 1. The molecule has 0 unspecified atom stereocenters. The van der Waals surface area contributed by atoms with E-state index in [1.54, 1.807) is 6.07 Å². The van der Waals surface area contributed by atoms with Gasteiger partial charge in [0, 0.05) is 18.7 Å². The fraction of sp³-hybridized carbons (Fsp3) is 0.529. The maximum Gasteiger partial charge on any atom is 0.326 e. The lowest BCUT2D eigenvalue weighted by atomic mass is 10.1. The summed E-state index contributed by atoms with van der Waals surface area (Å²) in [6.07, 6.45) is 3.80. The molecule has 2 aliphatic rings. The van der Waals surface area contributed by atoms with Gasteiger partial charge in [0.05, 0.1) is 0 Å². The number of carbonyl (C=O) groups is 2. The maximum atomic E-state index is 12.6. The van der Waals surface area contributed by atoms with Crippen LogP contribution in [0.2, 0.25) is 0 Å². The average Bonchev–Trinajstić information content (AvgIpc) is 3.17. The van der Waals surface area contributed by atoms with E-state index >= 15 is 0 Å². The molecule has 2 aliphatic heterocycles. The van der Waals surface area contributed by atoms with Gasteiger partial charge in [-0.05, 0) is 56.5 Å². The highest BCUT2D eigenvalue weighted by atomic mass is 16.4. The third-order valence-corrected chi connectivity index (χ3v) is 4.58. The van der Waals surface area contributed by atoms with Crippen LogP contribution in [0.15, 0.2) is 24.3 Å². The van der Waals surface area contributed by atoms with Crippen molar-refractivity contribution in [1.82, 2.24) is 9.80 Å². The Hall–Kier alpha value is -1.88. The van der Waals surface area contributed by atoms with Crippen LogP contribution in [0.3, 0.4) is 0 Å². The van der Waals surface area contributed by atoms with E-state index in [9.17, 15) is 14.7 Å². The summed E-state index contributed by atoms with van der Waals surface area (Å²) >= 11 is 0. The van der Waals surface area contributed by atoms with Crippen molar-refractivity contribution in [1.29, 1.82) is 0 Å². The number of likely N-dealkylation sites (tertiary alicyclic amines) is 2. The molecule has 2 fully saturated rings. The van der Waals surface area contributed by atoms with Crippen LogP contribution >= 0.6 is 0 Å². The van der Waals surface area contributed by atoms with Crippen molar-refractivity contribution < 1.29 is 14.7 Å². The van der Waals surface area contributed by atoms with Crippen LogP contribution in [0.5, 0.6) is 0 Å². The van der Waals surface area contributed by atoms with Crippen LogP contribution in [0.4, 0.5) is 0 Å². The molecular weight excluding hydrogens is 280 g/mol. The highest BCUT2D eigenvalue weighted by Crippen LogP contribution is 2.21. The number of benzene rings is 1. The van der Waals surface area contributed by atoms with Crippen molar-refractivity contribution in [3.63, 3.8) is 0 Å². The second-order valence-corrected chi connectivity index (χ2v) is 6.18. The number of hydrogen-bond donors (Lipinski definition) is 1. The summed E-state index contributed by atoms with van der Waals surface area (Å²) in [5, 5.41) is 9.22.